The van der Waals surface area contributed by atoms with E-state index in [-0.39, 0.29) is 6.61 Å². The third-order valence-corrected chi connectivity index (χ3v) is 2.98. The van der Waals surface area contributed by atoms with Crippen molar-refractivity contribution < 1.29 is 15.3 Å². The molecule has 3 heteroatoms. The normalized spacial score (nSPS) is 24.2. The van der Waals surface area contributed by atoms with E-state index in [1.165, 1.54) is 0 Å². The molecule has 0 bridgehead atoms. The van der Waals surface area contributed by atoms with E-state index in [9.17, 15) is 10.2 Å². The van der Waals surface area contributed by atoms with Gasteiger partial charge < -0.3 is 15.3 Å². The van der Waals surface area contributed by atoms with E-state index in [1.807, 2.05) is 0 Å². The number of rotatable bonds is 4. The predicted molar refractivity (Wildman–Crippen MR) is 50.4 cm³/mol. The molecule has 0 spiro atoms. The fraction of sp³-hybridized carbons (Fsp3) is 1.00. The van der Waals surface area contributed by atoms with Crippen molar-refractivity contribution in [1.82, 2.24) is 0 Å². The summed E-state index contributed by atoms with van der Waals surface area (Å²) in [5, 5.41) is 28.3. The molecule has 0 amide bonds. The Balaban J connectivity index is 2.37. The zero-order valence-electron chi connectivity index (χ0n) is 8.08. The van der Waals surface area contributed by atoms with Gasteiger partial charge in [-0.25, -0.2) is 0 Å². The Morgan fingerprint density at radius 2 is 1.77 bits per heavy atom. The summed E-state index contributed by atoms with van der Waals surface area (Å²) in [4.78, 5) is 0. The molecule has 1 unspecified atom stereocenters. The van der Waals surface area contributed by atoms with Crippen molar-refractivity contribution >= 4 is 0 Å². The molecular weight excluding hydrogens is 168 g/mol. The molecule has 3 nitrogen and oxygen atoms in total. The SMILES string of the molecule is OCCCC(O)C1(O)CCCCC1. The summed E-state index contributed by atoms with van der Waals surface area (Å²) in [6.07, 6.45) is 5.02. The Hall–Kier alpha value is -0.120. The maximum atomic E-state index is 10.0. The van der Waals surface area contributed by atoms with Gasteiger partial charge in [0.15, 0.2) is 0 Å². The van der Waals surface area contributed by atoms with Gasteiger partial charge in [0.05, 0.1) is 11.7 Å². The van der Waals surface area contributed by atoms with Crippen molar-refractivity contribution in [2.75, 3.05) is 6.61 Å². The van der Waals surface area contributed by atoms with E-state index in [2.05, 4.69) is 0 Å². The first kappa shape index (κ1) is 11.0. The average Bonchev–Trinajstić information content (AvgIpc) is 2.15. The molecule has 0 radical (unpaired) electrons. The average molecular weight is 188 g/mol. The maximum absolute atomic E-state index is 10.0. The minimum absolute atomic E-state index is 0.0904. The maximum Gasteiger partial charge on any atom is 0.0905 e. The number of hydrogen-bond acceptors (Lipinski definition) is 3. The third kappa shape index (κ3) is 2.93. The lowest BCUT2D eigenvalue weighted by molar-refractivity contribution is -0.101. The number of aliphatic hydroxyl groups excluding tert-OH is 2. The monoisotopic (exact) mass is 188 g/mol. The van der Waals surface area contributed by atoms with Crippen LogP contribution in [0.3, 0.4) is 0 Å². The zero-order valence-corrected chi connectivity index (χ0v) is 8.08. The van der Waals surface area contributed by atoms with Crippen LogP contribution in [0, 0.1) is 0 Å². The predicted octanol–water partition coefficient (Wildman–Crippen LogP) is 0.815. The summed E-state index contributed by atoms with van der Waals surface area (Å²) in [7, 11) is 0. The van der Waals surface area contributed by atoms with Gasteiger partial charge in [-0.15, -0.1) is 0 Å². The molecule has 1 rings (SSSR count). The minimum Gasteiger partial charge on any atom is -0.396 e. The summed E-state index contributed by atoms with van der Waals surface area (Å²) in [5.74, 6) is 0. The van der Waals surface area contributed by atoms with Crippen LogP contribution in [0.5, 0.6) is 0 Å². The van der Waals surface area contributed by atoms with Gasteiger partial charge >= 0.3 is 0 Å². The lowest BCUT2D eigenvalue weighted by Gasteiger charge is -2.36. The molecule has 1 aliphatic carbocycles. The number of aliphatic hydroxyl groups is 3. The van der Waals surface area contributed by atoms with Gasteiger partial charge in [0.2, 0.25) is 0 Å². The van der Waals surface area contributed by atoms with Crippen molar-refractivity contribution in [3.05, 3.63) is 0 Å². The Kier molecular flexibility index (Phi) is 4.16. The first-order valence-electron chi connectivity index (χ1n) is 5.20. The van der Waals surface area contributed by atoms with E-state index in [0.29, 0.717) is 25.7 Å². The molecule has 3 N–H and O–H groups in total. The lowest BCUT2D eigenvalue weighted by Crippen LogP contribution is -2.43. The van der Waals surface area contributed by atoms with E-state index >= 15 is 0 Å². The Labute approximate surface area is 79.4 Å². The van der Waals surface area contributed by atoms with E-state index < -0.39 is 11.7 Å². The van der Waals surface area contributed by atoms with Crippen LogP contribution < -0.4 is 0 Å². The second kappa shape index (κ2) is 4.94. The van der Waals surface area contributed by atoms with Gasteiger partial charge in [-0.1, -0.05) is 19.3 Å². The summed E-state index contributed by atoms with van der Waals surface area (Å²) < 4.78 is 0. The van der Waals surface area contributed by atoms with Crippen LogP contribution in [-0.2, 0) is 0 Å². The van der Waals surface area contributed by atoms with E-state index in [1.54, 1.807) is 0 Å². The molecule has 0 aliphatic heterocycles. The summed E-state index contributed by atoms with van der Waals surface area (Å²) in [5.41, 5.74) is -0.868. The molecule has 78 valence electrons. The quantitative estimate of drug-likeness (QED) is 0.612. The van der Waals surface area contributed by atoms with E-state index in [4.69, 9.17) is 5.11 Å². The zero-order chi connectivity index (χ0) is 9.73. The van der Waals surface area contributed by atoms with Gasteiger partial charge in [-0.2, -0.15) is 0 Å². The van der Waals surface area contributed by atoms with Crippen molar-refractivity contribution in [3.63, 3.8) is 0 Å². The Morgan fingerprint density at radius 1 is 1.15 bits per heavy atom. The molecule has 0 aromatic carbocycles. The molecule has 0 aromatic rings. The Bertz CT molecular complexity index is 141. The van der Waals surface area contributed by atoms with Crippen LogP contribution in [0.15, 0.2) is 0 Å². The van der Waals surface area contributed by atoms with Crippen LogP contribution in [0.2, 0.25) is 0 Å². The fourth-order valence-corrected chi connectivity index (χ4v) is 2.05. The largest absolute Gasteiger partial charge is 0.396 e. The molecular formula is C10H20O3. The summed E-state index contributed by atoms with van der Waals surface area (Å²) >= 11 is 0. The van der Waals surface area contributed by atoms with Gasteiger partial charge in [-0.3, -0.25) is 0 Å². The third-order valence-electron chi connectivity index (χ3n) is 2.98. The molecule has 0 aromatic heterocycles. The molecule has 0 saturated heterocycles. The van der Waals surface area contributed by atoms with Crippen molar-refractivity contribution in [2.24, 2.45) is 0 Å². The molecule has 1 atom stereocenters. The van der Waals surface area contributed by atoms with Crippen LogP contribution in [0.4, 0.5) is 0 Å². The van der Waals surface area contributed by atoms with Gasteiger partial charge in [-0.05, 0) is 25.7 Å². The highest BCUT2D eigenvalue weighted by molar-refractivity contribution is 4.88. The second-order valence-corrected chi connectivity index (χ2v) is 4.05. The van der Waals surface area contributed by atoms with E-state index in [0.717, 1.165) is 19.3 Å². The molecule has 13 heavy (non-hydrogen) atoms. The van der Waals surface area contributed by atoms with Crippen molar-refractivity contribution in [2.45, 2.75) is 56.7 Å². The van der Waals surface area contributed by atoms with Crippen LogP contribution in [0.25, 0.3) is 0 Å². The first-order valence-corrected chi connectivity index (χ1v) is 5.20. The molecule has 1 fully saturated rings. The highest BCUT2D eigenvalue weighted by atomic mass is 16.3. The van der Waals surface area contributed by atoms with Crippen LogP contribution in [0.1, 0.15) is 44.9 Å². The summed E-state index contributed by atoms with van der Waals surface area (Å²) in [6.45, 7) is 0.0904. The van der Waals surface area contributed by atoms with Crippen LogP contribution in [-0.4, -0.2) is 33.6 Å². The van der Waals surface area contributed by atoms with Gasteiger partial charge in [0.25, 0.3) is 0 Å². The second-order valence-electron chi connectivity index (χ2n) is 4.05. The smallest absolute Gasteiger partial charge is 0.0905 e. The van der Waals surface area contributed by atoms with Crippen molar-refractivity contribution in [1.29, 1.82) is 0 Å². The lowest BCUT2D eigenvalue weighted by atomic mass is 9.79. The van der Waals surface area contributed by atoms with Gasteiger partial charge in [0.1, 0.15) is 0 Å². The number of hydrogen-bond donors (Lipinski definition) is 3. The molecule has 1 saturated carbocycles. The standard InChI is InChI=1S/C10H20O3/c11-8-4-5-9(12)10(13)6-2-1-3-7-10/h9,11-13H,1-8H2. The topological polar surface area (TPSA) is 60.7 Å². The Morgan fingerprint density at radius 3 is 2.31 bits per heavy atom. The molecule has 1 aliphatic rings. The fourth-order valence-electron chi connectivity index (χ4n) is 2.05. The molecule has 0 heterocycles. The minimum atomic E-state index is -0.868. The van der Waals surface area contributed by atoms with Gasteiger partial charge in [0, 0.05) is 6.61 Å². The highest BCUT2D eigenvalue weighted by Gasteiger charge is 2.35. The highest BCUT2D eigenvalue weighted by Crippen LogP contribution is 2.32. The van der Waals surface area contributed by atoms with Crippen molar-refractivity contribution in [3.8, 4) is 0 Å². The summed E-state index contributed by atoms with van der Waals surface area (Å²) in [6, 6.07) is 0. The first-order chi connectivity index (χ1) is 6.19. The van der Waals surface area contributed by atoms with Crippen LogP contribution >= 0.6 is 0 Å².